The smallest absolute Gasteiger partial charge is 0.110 e. The second-order valence-corrected chi connectivity index (χ2v) is 2.19. The second kappa shape index (κ2) is 7.79. The van der Waals surface area contributed by atoms with E-state index in [9.17, 15) is 0 Å². The Kier molecular flexibility index (Phi) is 5.70. The van der Waals surface area contributed by atoms with Crippen molar-refractivity contribution in [2.75, 3.05) is 26.4 Å². The summed E-state index contributed by atoms with van der Waals surface area (Å²) >= 11 is 0. The van der Waals surface area contributed by atoms with Gasteiger partial charge < -0.3 is 9.47 Å². The van der Waals surface area contributed by atoms with Gasteiger partial charge in [0.25, 0.3) is 0 Å². The van der Waals surface area contributed by atoms with E-state index in [1.165, 1.54) is 0 Å². The standard InChI is InChI=1S/C12H8O2/c1-2-6-10-14-12-8-4-3-7-11-13-9-5-1/h9-12H2. The van der Waals surface area contributed by atoms with Crippen LogP contribution in [0.3, 0.4) is 0 Å². The van der Waals surface area contributed by atoms with E-state index >= 15 is 0 Å². The van der Waals surface area contributed by atoms with Crippen molar-refractivity contribution in [3.05, 3.63) is 0 Å². The summed E-state index contributed by atoms with van der Waals surface area (Å²) < 4.78 is 10.1. The topological polar surface area (TPSA) is 18.5 Å². The highest BCUT2D eigenvalue weighted by molar-refractivity contribution is 5.27. The Labute approximate surface area is 84.0 Å². The minimum absolute atomic E-state index is 0.345. The third kappa shape index (κ3) is 5.77. The lowest BCUT2D eigenvalue weighted by molar-refractivity contribution is 0.204. The van der Waals surface area contributed by atoms with Gasteiger partial charge in [0.1, 0.15) is 26.4 Å². The van der Waals surface area contributed by atoms with Crippen LogP contribution in [0.1, 0.15) is 0 Å². The Balaban J connectivity index is 2.47. The molecule has 0 aliphatic carbocycles. The molecule has 0 aromatic heterocycles. The molecule has 0 aromatic rings. The minimum Gasteiger partial charge on any atom is -0.356 e. The highest BCUT2D eigenvalue weighted by Gasteiger charge is 1.78. The van der Waals surface area contributed by atoms with E-state index in [1.807, 2.05) is 0 Å². The molecule has 2 heteroatoms. The summed E-state index contributed by atoms with van der Waals surface area (Å²) in [7, 11) is 0. The van der Waals surface area contributed by atoms with Gasteiger partial charge in [0.2, 0.25) is 0 Å². The molecule has 68 valence electrons. The molecule has 0 atom stereocenters. The van der Waals surface area contributed by atoms with Gasteiger partial charge in [-0.15, -0.1) is 0 Å². The Bertz CT molecular complexity index is 322. The van der Waals surface area contributed by atoms with Crippen LogP contribution in [0.5, 0.6) is 0 Å². The maximum Gasteiger partial charge on any atom is 0.110 e. The first-order valence-corrected chi connectivity index (χ1v) is 4.07. The van der Waals surface area contributed by atoms with E-state index in [0.717, 1.165) is 0 Å². The zero-order valence-corrected chi connectivity index (χ0v) is 7.64. The highest BCUT2D eigenvalue weighted by atomic mass is 16.5. The maximum absolute atomic E-state index is 5.06. The SMILES string of the molecule is C1#CCOCC#CC#CCOCC#C1. The Hall–Kier alpha value is -1.84. The molecule has 14 heavy (non-hydrogen) atoms. The molecule has 0 radical (unpaired) electrons. The first-order valence-electron chi connectivity index (χ1n) is 4.07. The van der Waals surface area contributed by atoms with E-state index in [1.54, 1.807) is 0 Å². The van der Waals surface area contributed by atoms with Crippen molar-refractivity contribution in [1.29, 1.82) is 0 Å². The van der Waals surface area contributed by atoms with E-state index < -0.39 is 0 Å². The van der Waals surface area contributed by atoms with Crippen molar-refractivity contribution in [3.63, 3.8) is 0 Å². The minimum atomic E-state index is 0.345. The summed E-state index contributed by atoms with van der Waals surface area (Å²) in [6.07, 6.45) is 0. The third-order valence-electron chi connectivity index (χ3n) is 1.18. The molecule has 0 fully saturated rings. The van der Waals surface area contributed by atoms with Crippen LogP contribution in [0.4, 0.5) is 0 Å². The zero-order valence-electron chi connectivity index (χ0n) is 7.64. The Morgan fingerprint density at radius 1 is 0.500 bits per heavy atom. The van der Waals surface area contributed by atoms with Gasteiger partial charge in [-0.2, -0.15) is 0 Å². The molecule has 0 saturated carbocycles. The largest absolute Gasteiger partial charge is 0.356 e. The van der Waals surface area contributed by atoms with Gasteiger partial charge in [0.15, 0.2) is 0 Å². The lowest BCUT2D eigenvalue weighted by Crippen LogP contribution is -1.92. The van der Waals surface area contributed by atoms with Crippen molar-refractivity contribution < 1.29 is 9.47 Å². The molecule has 0 aromatic carbocycles. The first kappa shape index (κ1) is 10.2. The van der Waals surface area contributed by atoms with Crippen molar-refractivity contribution in [3.8, 4) is 47.4 Å². The van der Waals surface area contributed by atoms with Gasteiger partial charge in [-0.1, -0.05) is 23.7 Å². The summed E-state index contributed by atoms with van der Waals surface area (Å²) in [4.78, 5) is 0. The molecule has 0 amide bonds. The summed E-state index contributed by atoms with van der Waals surface area (Å²) in [6.45, 7) is 1.38. The van der Waals surface area contributed by atoms with Gasteiger partial charge in [0.05, 0.1) is 0 Å². The quantitative estimate of drug-likeness (QED) is 0.495. The summed E-state index contributed by atoms with van der Waals surface area (Å²) in [5, 5.41) is 0. The molecule has 0 N–H and O–H groups in total. The molecule has 1 aliphatic rings. The molecule has 0 unspecified atom stereocenters. The monoisotopic (exact) mass is 184 g/mol. The van der Waals surface area contributed by atoms with E-state index in [2.05, 4.69) is 47.4 Å². The van der Waals surface area contributed by atoms with Crippen molar-refractivity contribution in [1.82, 2.24) is 0 Å². The fourth-order valence-corrected chi connectivity index (χ4v) is 0.627. The normalized spacial score (nSPS) is 14.9. The lowest BCUT2D eigenvalue weighted by Gasteiger charge is -1.89. The molecule has 0 saturated heterocycles. The fraction of sp³-hybridized carbons (Fsp3) is 0.333. The lowest BCUT2D eigenvalue weighted by atomic mass is 10.5. The van der Waals surface area contributed by atoms with E-state index in [0.29, 0.717) is 26.4 Å². The third-order valence-corrected chi connectivity index (χ3v) is 1.18. The van der Waals surface area contributed by atoms with Crippen molar-refractivity contribution >= 4 is 0 Å². The van der Waals surface area contributed by atoms with Crippen LogP contribution >= 0.6 is 0 Å². The van der Waals surface area contributed by atoms with Crippen LogP contribution in [-0.2, 0) is 9.47 Å². The van der Waals surface area contributed by atoms with Crippen molar-refractivity contribution in [2.45, 2.75) is 0 Å². The Morgan fingerprint density at radius 2 is 0.786 bits per heavy atom. The predicted octanol–water partition coefficient (Wildman–Crippen LogP) is 0.0468. The first-order chi connectivity index (χ1) is 7.00. The fourth-order valence-electron chi connectivity index (χ4n) is 0.627. The van der Waals surface area contributed by atoms with Gasteiger partial charge in [-0.05, 0) is 23.7 Å². The molecular formula is C12H8O2. The number of ether oxygens (including phenoxy) is 2. The Morgan fingerprint density at radius 3 is 1.07 bits per heavy atom. The maximum atomic E-state index is 5.06. The number of hydrogen-bond acceptors (Lipinski definition) is 2. The van der Waals surface area contributed by atoms with Crippen LogP contribution in [0.25, 0.3) is 0 Å². The number of hydrogen-bond donors (Lipinski definition) is 0. The molecule has 0 bridgehead atoms. The molecule has 0 spiro atoms. The van der Waals surface area contributed by atoms with Gasteiger partial charge in [-0.3, -0.25) is 0 Å². The average molecular weight is 184 g/mol. The predicted molar refractivity (Wildman–Crippen MR) is 52.7 cm³/mol. The van der Waals surface area contributed by atoms with Gasteiger partial charge in [0, 0.05) is 0 Å². The zero-order chi connectivity index (χ0) is 9.90. The van der Waals surface area contributed by atoms with Crippen LogP contribution in [0.15, 0.2) is 0 Å². The van der Waals surface area contributed by atoms with E-state index in [-0.39, 0.29) is 0 Å². The van der Waals surface area contributed by atoms with E-state index in [4.69, 9.17) is 9.47 Å². The number of rotatable bonds is 0. The highest BCUT2D eigenvalue weighted by Crippen LogP contribution is 1.73. The van der Waals surface area contributed by atoms with Crippen molar-refractivity contribution in [2.24, 2.45) is 0 Å². The summed E-state index contributed by atoms with van der Waals surface area (Å²) in [6, 6.07) is 0. The summed E-state index contributed by atoms with van der Waals surface area (Å²) in [5.41, 5.74) is 0. The molecule has 2 nitrogen and oxygen atoms in total. The van der Waals surface area contributed by atoms with Gasteiger partial charge >= 0.3 is 0 Å². The van der Waals surface area contributed by atoms with Crippen LogP contribution in [0.2, 0.25) is 0 Å². The van der Waals surface area contributed by atoms with Gasteiger partial charge in [-0.25, -0.2) is 0 Å². The molecular weight excluding hydrogens is 176 g/mol. The molecule has 1 aliphatic heterocycles. The average Bonchev–Trinajstić information content (AvgIpc) is 2.22. The van der Waals surface area contributed by atoms with Crippen LogP contribution in [-0.4, -0.2) is 26.4 Å². The molecule has 1 rings (SSSR count). The van der Waals surface area contributed by atoms with Crippen LogP contribution in [0, 0.1) is 47.4 Å². The second-order valence-electron chi connectivity index (χ2n) is 2.19. The summed E-state index contributed by atoms with van der Waals surface area (Å²) in [5.74, 6) is 21.5. The molecule has 1 heterocycles. The van der Waals surface area contributed by atoms with Crippen LogP contribution < -0.4 is 0 Å².